The highest BCUT2D eigenvalue weighted by Crippen LogP contribution is 2.21. The summed E-state index contributed by atoms with van der Waals surface area (Å²) >= 11 is 11.2. The number of piperazine rings is 1. The number of carbonyl (C=O) groups excluding carboxylic acids is 1. The van der Waals surface area contributed by atoms with Gasteiger partial charge in [0.1, 0.15) is 6.10 Å². The zero-order valence-electron chi connectivity index (χ0n) is 14.8. The van der Waals surface area contributed by atoms with Crippen molar-refractivity contribution in [2.45, 2.75) is 25.6 Å². The van der Waals surface area contributed by atoms with Crippen molar-refractivity contribution in [3.8, 4) is 11.5 Å². The third-order valence-corrected chi connectivity index (χ3v) is 5.47. The highest BCUT2D eigenvalue weighted by Gasteiger charge is 2.30. The van der Waals surface area contributed by atoms with E-state index in [9.17, 15) is 4.79 Å². The molecule has 144 valence electrons. The summed E-state index contributed by atoms with van der Waals surface area (Å²) in [6, 6.07) is 7.28. The van der Waals surface area contributed by atoms with E-state index in [1.165, 1.54) is 0 Å². The Hall–Kier alpha value is -1.74. The van der Waals surface area contributed by atoms with Gasteiger partial charge in [0, 0.05) is 43.4 Å². The molecule has 2 aliphatic rings. The fourth-order valence-corrected chi connectivity index (χ4v) is 3.68. The average molecular weight is 409 g/mol. The van der Waals surface area contributed by atoms with Gasteiger partial charge >= 0.3 is 0 Å². The summed E-state index contributed by atoms with van der Waals surface area (Å²) in [7, 11) is 0. The smallest absolute Gasteiger partial charge is 0.288 e. The van der Waals surface area contributed by atoms with Crippen LogP contribution in [0, 0.1) is 4.84 Å². The first-order valence-electron chi connectivity index (χ1n) is 9.07. The molecule has 0 N–H and O–H groups in total. The Morgan fingerprint density at radius 2 is 1.96 bits per heavy atom. The molecule has 3 heterocycles. The molecule has 9 heteroatoms. The number of nitrogens with zero attached hydrogens (tertiary/aromatic N) is 4. The zero-order chi connectivity index (χ0) is 18.8. The summed E-state index contributed by atoms with van der Waals surface area (Å²) in [4.78, 5) is 16.9. The van der Waals surface area contributed by atoms with E-state index in [0.717, 1.165) is 31.5 Å². The van der Waals surface area contributed by atoms with Gasteiger partial charge in [-0.15, -0.1) is 5.10 Å². The van der Waals surface area contributed by atoms with Crippen LogP contribution in [0.5, 0.6) is 0 Å². The van der Waals surface area contributed by atoms with Gasteiger partial charge in [0.05, 0.1) is 6.67 Å². The van der Waals surface area contributed by atoms with E-state index in [4.69, 9.17) is 33.0 Å². The van der Waals surface area contributed by atoms with Gasteiger partial charge in [-0.25, -0.2) is 4.68 Å². The van der Waals surface area contributed by atoms with Crippen molar-refractivity contribution in [1.82, 2.24) is 19.6 Å². The van der Waals surface area contributed by atoms with Gasteiger partial charge in [-0.05, 0) is 49.3 Å². The van der Waals surface area contributed by atoms with Crippen LogP contribution in [0.3, 0.4) is 0 Å². The van der Waals surface area contributed by atoms with Crippen molar-refractivity contribution in [3.63, 3.8) is 0 Å². The van der Waals surface area contributed by atoms with Crippen LogP contribution in [0.15, 0.2) is 28.7 Å². The van der Waals surface area contributed by atoms with Crippen molar-refractivity contribution in [2.24, 2.45) is 0 Å². The molecule has 0 spiro atoms. The number of rotatable bonds is 4. The Morgan fingerprint density at radius 3 is 2.63 bits per heavy atom. The molecule has 2 aromatic rings. The second-order valence-electron chi connectivity index (χ2n) is 6.77. The largest absolute Gasteiger partial charge is 0.409 e. The summed E-state index contributed by atoms with van der Waals surface area (Å²) in [6.07, 6.45) is 1.56. The van der Waals surface area contributed by atoms with Gasteiger partial charge in [0.25, 0.3) is 10.7 Å². The highest BCUT2D eigenvalue weighted by molar-refractivity contribution is 7.71. The van der Waals surface area contributed by atoms with Crippen LogP contribution < -0.4 is 0 Å². The summed E-state index contributed by atoms with van der Waals surface area (Å²) < 4.78 is 12.8. The molecule has 0 bridgehead atoms. The maximum absolute atomic E-state index is 12.4. The van der Waals surface area contributed by atoms with Crippen LogP contribution in [0.1, 0.15) is 12.8 Å². The first kappa shape index (κ1) is 18.6. The Labute approximate surface area is 167 Å². The van der Waals surface area contributed by atoms with Crippen LogP contribution in [0.4, 0.5) is 0 Å². The second kappa shape index (κ2) is 8.10. The second-order valence-corrected chi connectivity index (χ2v) is 7.55. The minimum Gasteiger partial charge on any atom is -0.409 e. The highest BCUT2D eigenvalue weighted by atomic mass is 35.5. The van der Waals surface area contributed by atoms with Crippen LogP contribution in [0.25, 0.3) is 11.5 Å². The number of amides is 1. The molecule has 0 aliphatic carbocycles. The van der Waals surface area contributed by atoms with Gasteiger partial charge in [0.15, 0.2) is 0 Å². The van der Waals surface area contributed by atoms with Crippen molar-refractivity contribution >= 4 is 29.7 Å². The average Bonchev–Trinajstić information content (AvgIpc) is 3.33. The van der Waals surface area contributed by atoms with Crippen LogP contribution in [-0.2, 0) is 16.2 Å². The monoisotopic (exact) mass is 408 g/mol. The van der Waals surface area contributed by atoms with Gasteiger partial charge in [-0.3, -0.25) is 9.69 Å². The Balaban J connectivity index is 1.36. The lowest BCUT2D eigenvalue weighted by atomic mass is 10.2. The number of benzene rings is 1. The predicted molar refractivity (Wildman–Crippen MR) is 103 cm³/mol. The molecule has 1 atom stereocenters. The van der Waals surface area contributed by atoms with E-state index in [0.29, 0.717) is 42.1 Å². The Kier molecular flexibility index (Phi) is 5.58. The molecule has 7 nitrogen and oxygen atoms in total. The number of hydrogen-bond donors (Lipinski definition) is 0. The number of halogens is 1. The third-order valence-electron chi connectivity index (χ3n) is 4.92. The first-order valence-corrected chi connectivity index (χ1v) is 9.85. The fraction of sp³-hybridized carbons (Fsp3) is 0.500. The summed E-state index contributed by atoms with van der Waals surface area (Å²) in [6.45, 7) is 4.14. The SMILES string of the molecule is O=C([C@@H]1CCCO1)N1CCN(Cn2nc(-c3ccc(Cl)cc3)oc2=S)CC1. The molecule has 2 fully saturated rings. The molecule has 1 amide bonds. The number of ether oxygens (including phenoxy) is 1. The lowest BCUT2D eigenvalue weighted by Crippen LogP contribution is -2.51. The van der Waals surface area contributed by atoms with E-state index in [-0.39, 0.29) is 12.0 Å². The van der Waals surface area contributed by atoms with E-state index in [2.05, 4.69) is 10.00 Å². The maximum Gasteiger partial charge on any atom is 0.288 e. The lowest BCUT2D eigenvalue weighted by molar-refractivity contribution is -0.142. The molecule has 1 aromatic carbocycles. The van der Waals surface area contributed by atoms with Gasteiger partial charge in [-0.2, -0.15) is 0 Å². The molecule has 0 saturated carbocycles. The van der Waals surface area contributed by atoms with Crippen molar-refractivity contribution in [2.75, 3.05) is 32.8 Å². The Morgan fingerprint density at radius 1 is 1.22 bits per heavy atom. The quantitative estimate of drug-likeness (QED) is 0.725. The van der Waals surface area contributed by atoms with Gasteiger partial charge in [-0.1, -0.05) is 11.6 Å². The van der Waals surface area contributed by atoms with E-state index in [1.54, 1.807) is 16.8 Å². The van der Waals surface area contributed by atoms with Crippen molar-refractivity contribution in [3.05, 3.63) is 34.1 Å². The minimum atomic E-state index is -0.248. The molecular formula is C18H21ClN4O3S. The molecule has 2 saturated heterocycles. The lowest BCUT2D eigenvalue weighted by Gasteiger charge is -2.35. The normalized spacial score (nSPS) is 20.9. The molecule has 4 rings (SSSR count). The number of aromatic nitrogens is 2. The topological polar surface area (TPSA) is 63.7 Å². The number of hydrogen-bond acceptors (Lipinski definition) is 6. The third kappa shape index (κ3) is 4.24. The molecule has 0 radical (unpaired) electrons. The fourth-order valence-electron chi connectivity index (χ4n) is 3.38. The number of carbonyl (C=O) groups is 1. The zero-order valence-corrected chi connectivity index (χ0v) is 16.4. The Bertz CT molecular complexity index is 852. The van der Waals surface area contributed by atoms with Crippen LogP contribution >= 0.6 is 23.8 Å². The minimum absolute atomic E-state index is 0.121. The maximum atomic E-state index is 12.4. The van der Waals surface area contributed by atoms with Crippen molar-refractivity contribution in [1.29, 1.82) is 0 Å². The summed E-state index contributed by atoms with van der Waals surface area (Å²) in [5.74, 6) is 0.596. The molecule has 1 aromatic heterocycles. The van der Waals surface area contributed by atoms with Crippen LogP contribution in [-0.4, -0.2) is 64.4 Å². The molecule has 27 heavy (non-hydrogen) atoms. The van der Waals surface area contributed by atoms with E-state index in [1.807, 2.05) is 17.0 Å². The summed E-state index contributed by atoms with van der Waals surface area (Å²) in [5, 5.41) is 5.14. The summed E-state index contributed by atoms with van der Waals surface area (Å²) in [5.41, 5.74) is 0.830. The molecular weight excluding hydrogens is 388 g/mol. The molecule has 2 aliphatic heterocycles. The van der Waals surface area contributed by atoms with E-state index < -0.39 is 0 Å². The van der Waals surface area contributed by atoms with Gasteiger partial charge in [0.2, 0.25) is 5.89 Å². The van der Waals surface area contributed by atoms with Crippen molar-refractivity contribution < 1.29 is 13.9 Å². The van der Waals surface area contributed by atoms with Crippen LogP contribution in [0.2, 0.25) is 5.02 Å². The predicted octanol–water partition coefficient (Wildman–Crippen LogP) is 2.81. The first-order chi connectivity index (χ1) is 13.1. The molecule has 0 unspecified atom stereocenters. The van der Waals surface area contributed by atoms with E-state index >= 15 is 0 Å². The standard InChI is InChI=1S/C18H21ClN4O3S/c19-14-5-3-13(4-6-14)16-20-23(18(27)26-16)12-21-7-9-22(10-8-21)17(24)15-2-1-11-25-15/h3-6,15H,1-2,7-12H2/t15-/m0/s1. The van der Waals surface area contributed by atoms with Gasteiger partial charge < -0.3 is 14.1 Å².